The zero-order valence-corrected chi connectivity index (χ0v) is 18.7. The number of fused-ring (bicyclic) bond motifs is 1. The number of nitrogens with zero attached hydrogens (tertiary/aromatic N) is 3. The van der Waals surface area contributed by atoms with Gasteiger partial charge in [-0.3, -0.25) is 0 Å². The number of rotatable bonds is 7. The molecule has 4 rings (SSSR count). The first kappa shape index (κ1) is 23.3. The Kier molecular flexibility index (Phi) is 6.76. The lowest BCUT2D eigenvalue weighted by atomic mass is 10.0. The van der Waals surface area contributed by atoms with Gasteiger partial charge < -0.3 is 9.88 Å². The number of aromatic amines is 1. The third-order valence-electron chi connectivity index (χ3n) is 5.88. The molecule has 1 aliphatic heterocycles. The van der Waals surface area contributed by atoms with Gasteiger partial charge in [0, 0.05) is 31.0 Å². The highest BCUT2D eigenvalue weighted by molar-refractivity contribution is 7.89. The third kappa shape index (κ3) is 5.22. The normalized spacial score (nSPS) is 17.5. The molecule has 2 heterocycles. The van der Waals surface area contributed by atoms with Crippen molar-refractivity contribution in [2.24, 2.45) is 0 Å². The largest absolute Gasteiger partial charge is 0.511 e. The van der Waals surface area contributed by atoms with Gasteiger partial charge in [0.25, 0.3) is 0 Å². The first-order chi connectivity index (χ1) is 15.8. The molecule has 1 aliphatic rings. The molecule has 33 heavy (non-hydrogen) atoms. The van der Waals surface area contributed by atoms with Crippen molar-refractivity contribution in [3.63, 3.8) is 0 Å². The number of aryl methyl sites for hydroxylation is 1. The summed E-state index contributed by atoms with van der Waals surface area (Å²) in [5.41, 5.74) is -2.15. The van der Waals surface area contributed by atoms with Crippen LogP contribution in [0.5, 0.6) is 0 Å². The lowest BCUT2D eigenvalue weighted by Crippen LogP contribution is -2.47. The summed E-state index contributed by atoms with van der Waals surface area (Å²) in [6.07, 6.45) is 5.20. The fourth-order valence-electron chi connectivity index (χ4n) is 4.24. The van der Waals surface area contributed by atoms with E-state index in [0.29, 0.717) is 29.3 Å². The predicted molar refractivity (Wildman–Crippen MR) is 120 cm³/mol. The van der Waals surface area contributed by atoms with Crippen LogP contribution in [0.25, 0.3) is 0 Å². The van der Waals surface area contributed by atoms with E-state index < -0.39 is 21.6 Å². The Balaban J connectivity index is 1.67. The number of halogens is 3. The molecule has 0 fully saturated rings. The number of hydrogen-bond acceptors (Lipinski definition) is 4. The zero-order valence-electron chi connectivity index (χ0n) is 17.9. The van der Waals surface area contributed by atoms with E-state index in [1.165, 1.54) is 0 Å². The molecular formula is C23H25F3N4O2S. The number of aromatic nitrogens is 2. The van der Waals surface area contributed by atoms with Crippen molar-refractivity contribution in [1.82, 2.24) is 14.3 Å². The molecule has 0 aliphatic carbocycles. The number of sulfonamides is 1. The first-order valence-electron chi connectivity index (χ1n) is 10.7. The summed E-state index contributed by atoms with van der Waals surface area (Å²) in [6.45, 7) is -0.195. The van der Waals surface area contributed by atoms with Crippen LogP contribution in [0, 0.1) is 0 Å². The summed E-state index contributed by atoms with van der Waals surface area (Å²) < 4.78 is 65.8. The molecule has 2 aromatic carbocycles. The molecule has 6 nitrogen and oxygen atoms in total. The van der Waals surface area contributed by atoms with Gasteiger partial charge >= 0.3 is 15.5 Å². The Morgan fingerprint density at radius 1 is 1.06 bits per heavy atom. The van der Waals surface area contributed by atoms with Crippen molar-refractivity contribution < 1.29 is 21.6 Å². The van der Waals surface area contributed by atoms with E-state index >= 15 is 0 Å². The Labute approximate surface area is 191 Å². The van der Waals surface area contributed by atoms with Crippen LogP contribution >= 0.6 is 0 Å². The summed E-state index contributed by atoms with van der Waals surface area (Å²) in [6, 6.07) is 16.4. The van der Waals surface area contributed by atoms with Gasteiger partial charge in [0.05, 0.1) is 18.6 Å². The van der Waals surface area contributed by atoms with E-state index in [2.05, 4.69) is 9.97 Å². The minimum absolute atomic E-state index is 0.251. The summed E-state index contributed by atoms with van der Waals surface area (Å²) in [5.74, 6) is 0. The minimum Gasteiger partial charge on any atom is -0.361 e. The maximum Gasteiger partial charge on any atom is 0.511 e. The van der Waals surface area contributed by atoms with E-state index in [-0.39, 0.29) is 13.1 Å². The lowest BCUT2D eigenvalue weighted by Gasteiger charge is -2.34. The third-order valence-corrected chi connectivity index (χ3v) is 7.42. The monoisotopic (exact) mass is 478 g/mol. The minimum atomic E-state index is -5.47. The van der Waals surface area contributed by atoms with Crippen LogP contribution < -0.4 is 4.90 Å². The van der Waals surface area contributed by atoms with Crippen LogP contribution in [0.2, 0.25) is 0 Å². The Bertz CT molecular complexity index is 1150. The van der Waals surface area contributed by atoms with Crippen molar-refractivity contribution in [2.75, 3.05) is 11.4 Å². The van der Waals surface area contributed by atoms with E-state index in [1.807, 2.05) is 47.4 Å². The highest BCUT2D eigenvalue weighted by Crippen LogP contribution is 2.35. The highest BCUT2D eigenvalue weighted by Gasteiger charge is 2.51. The standard InChI is InChI=1S/C23H25F3N4O2S/c24-23(25,26)33(31,32)29-14-19-10-4-5-12-22(19)30(15-20-13-27-17-28-20)21(16-29)11-6-9-18-7-2-1-3-8-18/h1-5,7-8,10,12-13,17,21H,6,9,11,14-16H2,(H,27,28)/t21-/m0/s1. The summed E-state index contributed by atoms with van der Waals surface area (Å²) in [5, 5.41) is 0. The molecule has 0 saturated carbocycles. The van der Waals surface area contributed by atoms with E-state index in [4.69, 9.17) is 0 Å². The summed E-state index contributed by atoms with van der Waals surface area (Å²) in [7, 11) is -5.47. The molecule has 0 unspecified atom stereocenters. The van der Waals surface area contributed by atoms with Crippen molar-refractivity contribution in [2.45, 2.75) is 43.9 Å². The number of nitrogens with one attached hydrogen (secondary N) is 1. The van der Waals surface area contributed by atoms with Crippen LogP contribution in [0.4, 0.5) is 18.9 Å². The summed E-state index contributed by atoms with van der Waals surface area (Å²) >= 11 is 0. The molecular weight excluding hydrogens is 453 g/mol. The second-order valence-electron chi connectivity index (χ2n) is 8.11. The Morgan fingerprint density at radius 3 is 2.48 bits per heavy atom. The summed E-state index contributed by atoms with van der Waals surface area (Å²) in [4.78, 5) is 9.08. The van der Waals surface area contributed by atoms with Crippen molar-refractivity contribution in [1.29, 1.82) is 0 Å². The molecule has 10 heteroatoms. The second kappa shape index (κ2) is 9.56. The average Bonchev–Trinajstić information content (AvgIpc) is 3.24. The first-order valence-corrected chi connectivity index (χ1v) is 12.1. The van der Waals surface area contributed by atoms with Gasteiger partial charge in [0.1, 0.15) is 0 Å². The van der Waals surface area contributed by atoms with Crippen LogP contribution in [0.3, 0.4) is 0 Å². The van der Waals surface area contributed by atoms with Crippen molar-refractivity contribution >= 4 is 15.7 Å². The smallest absolute Gasteiger partial charge is 0.361 e. The molecule has 0 saturated heterocycles. The molecule has 1 aromatic heterocycles. The number of hydrogen-bond donors (Lipinski definition) is 1. The van der Waals surface area contributed by atoms with Gasteiger partial charge in [0.15, 0.2) is 0 Å². The molecule has 0 radical (unpaired) electrons. The second-order valence-corrected chi connectivity index (χ2v) is 10.0. The number of H-pyrrole nitrogens is 1. The molecule has 3 aromatic rings. The number of benzene rings is 2. The van der Waals surface area contributed by atoms with Crippen LogP contribution in [0.15, 0.2) is 67.1 Å². The molecule has 176 valence electrons. The number of para-hydroxylation sites is 1. The Morgan fingerprint density at radius 2 is 1.79 bits per heavy atom. The fourth-order valence-corrected chi connectivity index (χ4v) is 5.21. The molecule has 0 spiro atoms. The topological polar surface area (TPSA) is 69.3 Å². The molecule has 1 N–H and O–H groups in total. The van der Waals surface area contributed by atoms with E-state index in [0.717, 1.165) is 23.4 Å². The van der Waals surface area contributed by atoms with Crippen molar-refractivity contribution in [3.8, 4) is 0 Å². The van der Waals surface area contributed by atoms with E-state index in [9.17, 15) is 21.6 Å². The van der Waals surface area contributed by atoms with Gasteiger partial charge in [-0.25, -0.2) is 13.4 Å². The van der Waals surface area contributed by atoms with Gasteiger partial charge in [-0.15, -0.1) is 0 Å². The SMILES string of the molecule is O=S(=O)(N1Cc2ccccc2N(Cc2cnc[nH]2)[C@@H](CCCc2ccccc2)C1)C(F)(F)F. The molecule has 0 amide bonds. The van der Waals surface area contributed by atoms with Gasteiger partial charge in [-0.05, 0) is 36.5 Å². The lowest BCUT2D eigenvalue weighted by molar-refractivity contribution is -0.0492. The fraction of sp³-hybridized carbons (Fsp3) is 0.348. The van der Waals surface area contributed by atoms with Crippen LogP contribution in [-0.2, 0) is 29.5 Å². The highest BCUT2D eigenvalue weighted by atomic mass is 32.2. The maximum atomic E-state index is 13.5. The van der Waals surface area contributed by atoms with Crippen molar-refractivity contribution in [3.05, 3.63) is 83.9 Å². The van der Waals surface area contributed by atoms with E-state index in [1.54, 1.807) is 24.7 Å². The van der Waals surface area contributed by atoms with Gasteiger partial charge in [-0.2, -0.15) is 17.5 Å². The molecule has 0 bridgehead atoms. The average molecular weight is 479 g/mol. The maximum absolute atomic E-state index is 13.5. The van der Waals surface area contributed by atoms with Crippen LogP contribution in [-0.4, -0.2) is 40.8 Å². The van der Waals surface area contributed by atoms with Gasteiger partial charge in [-0.1, -0.05) is 48.5 Å². The zero-order chi connectivity index (χ0) is 23.5. The van der Waals surface area contributed by atoms with Gasteiger partial charge in [0.2, 0.25) is 0 Å². The van der Waals surface area contributed by atoms with Crippen LogP contribution in [0.1, 0.15) is 29.7 Å². The molecule has 1 atom stereocenters. The number of alkyl halides is 3. The quantitative estimate of drug-likeness (QED) is 0.544. The Hall–Kier alpha value is -2.85. The number of anilines is 1. The number of imidazole rings is 1. The predicted octanol–water partition coefficient (Wildman–Crippen LogP) is 4.47.